The van der Waals surface area contributed by atoms with Crippen LogP contribution in [0.3, 0.4) is 0 Å². The van der Waals surface area contributed by atoms with Crippen LogP contribution in [0.25, 0.3) is 11.0 Å². The van der Waals surface area contributed by atoms with Crippen LogP contribution in [0.5, 0.6) is 0 Å². The molecule has 0 amide bonds. The van der Waals surface area contributed by atoms with Gasteiger partial charge in [-0.15, -0.1) is 0 Å². The molecule has 1 aliphatic heterocycles. The standard InChI is InChI=1S/C14H20N4O2/c1-17-5-6-18(10-12(17)4-7-19)9-11-2-3-13-14(8-11)16-20-15-13/h2-3,8,12,19H,4-7,9-10H2,1H3. The number of hydrogen-bond donors (Lipinski definition) is 1. The van der Waals surface area contributed by atoms with E-state index in [0.717, 1.165) is 43.6 Å². The number of rotatable bonds is 4. The van der Waals surface area contributed by atoms with E-state index in [1.165, 1.54) is 5.56 Å². The van der Waals surface area contributed by atoms with Crippen LogP contribution in [0, 0.1) is 0 Å². The summed E-state index contributed by atoms with van der Waals surface area (Å²) in [6.07, 6.45) is 0.833. The average molecular weight is 276 g/mol. The van der Waals surface area contributed by atoms with E-state index in [-0.39, 0.29) is 6.61 Å². The molecule has 0 radical (unpaired) electrons. The van der Waals surface area contributed by atoms with Gasteiger partial charge in [0.05, 0.1) is 0 Å². The van der Waals surface area contributed by atoms with Gasteiger partial charge in [-0.05, 0) is 41.5 Å². The van der Waals surface area contributed by atoms with Crippen LogP contribution in [0.2, 0.25) is 0 Å². The van der Waals surface area contributed by atoms with Gasteiger partial charge in [-0.2, -0.15) is 0 Å². The first-order valence-corrected chi connectivity index (χ1v) is 7.01. The molecule has 0 spiro atoms. The second-order valence-corrected chi connectivity index (χ2v) is 5.47. The van der Waals surface area contributed by atoms with Crippen molar-refractivity contribution in [1.82, 2.24) is 20.1 Å². The third kappa shape index (κ3) is 2.82. The van der Waals surface area contributed by atoms with Crippen molar-refractivity contribution in [3.8, 4) is 0 Å². The summed E-state index contributed by atoms with van der Waals surface area (Å²) >= 11 is 0. The molecule has 108 valence electrons. The molecule has 6 nitrogen and oxygen atoms in total. The van der Waals surface area contributed by atoms with Gasteiger partial charge in [-0.25, -0.2) is 4.63 Å². The van der Waals surface area contributed by atoms with Crippen molar-refractivity contribution in [2.24, 2.45) is 0 Å². The predicted octanol–water partition coefficient (Wildman–Crippen LogP) is 0.721. The normalized spacial score (nSPS) is 21.6. The van der Waals surface area contributed by atoms with E-state index in [4.69, 9.17) is 9.74 Å². The minimum atomic E-state index is 0.249. The number of aliphatic hydroxyl groups excluding tert-OH is 1. The first-order valence-electron chi connectivity index (χ1n) is 7.01. The zero-order valence-corrected chi connectivity index (χ0v) is 11.7. The molecule has 0 saturated carbocycles. The third-order valence-electron chi connectivity index (χ3n) is 4.05. The molecule has 1 aromatic carbocycles. The smallest absolute Gasteiger partial charge is 0.135 e. The largest absolute Gasteiger partial charge is 0.396 e. The fourth-order valence-electron chi connectivity index (χ4n) is 2.80. The molecular formula is C14H20N4O2. The predicted molar refractivity (Wildman–Crippen MR) is 75.2 cm³/mol. The molecule has 1 unspecified atom stereocenters. The summed E-state index contributed by atoms with van der Waals surface area (Å²) in [5.41, 5.74) is 2.83. The van der Waals surface area contributed by atoms with Crippen LogP contribution in [-0.4, -0.2) is 64.6 Å². The summed E-state index contributed by atoms with van der Waals surface area (Å²) in [4.78, 5) is 4.76. The molecule has 1 fully saturated rings. The van der Waals surface area contributed by atoms with Gasteiger partial charge in [-0.1, -0.05) is 6.07 Å². The second kappa shape index (κ2) is 5.87. The van der Waals surface area contributed by atoms with Gasteiger partial charge in [0.15, 0.2) is 0 Å². The highest BCUT2D eigenvalue weighted by Gasteiger charge is 2.23. The van der Waals surface area contributed by atoms with Gasteiger partial charge >= 0.3 is 0 Å². The van der Waals surface area contributed by atoms with E-state index >= 15 is 0 Å². The molecule has 0 bridgehead atoms. The first-order chi connectivity index (χ1) is 9.76. The van der Waals surface area contributed by atoms with Crippen molar-refractivity contribution >= 4 is 11.0 Å². The Morgan fingerprint density at radius 2 is 2.15 bits per heavy atom. The van der Waals surface area contributed by atoms with Gasteiger partial charge < -0.3 is 10.0 Å². The highest BCUT2D eigenvalue weighted by atomic mass is 16.6. The Morgan fingerprint density at radius 3 is 3.00 bits per heavy atom. The number of fused-ring (bicyclic) bond motifs is 1. The minimum absolute atomic E-state index is 0.249. The molecule has 1 aromatic heterocycles. The summed E-state index contributed by atoms with van der Waals surface area (Å²) in [7, 11) is 2.13. The zero-order chi connectivity index (χ0) is 13.9. The lowest BCUT2D eigenvalue weighted by Crippen LogP contribution is -2.51. The van der Waals surface area contributed by atoms with Crippen LogP contribution in [0.1, 0.15) is 12.0 Å². The quantitative estimate of drug-likeness (QED) is 0.887. The summed E-state index contributed by atoms with van der Waals surface area (Å²) in [5.74, 6) is 0. The lowest BCUT2D eigenvalue weighted by atomic mass is 10.1. The van der Waals surface area contributed by atoms with Crippen LogP contribution >= 0.6 is 0 Å². The van der Waals surface area contributed by atoms with Crippen molar-refractivity contribution < 1.29 is 9.74 Å². The number of hydrogen-bond acceptors (Lipinski definition) is 6. The highest BCUT2D eigenvalue weighted by molar-refractivity contribution is 5.73. The number of nitrogens with zero attached hydrogens (tertiary/aromatic N) is 4. The fraction of sp³-hybridized carbons (Fsp3) is 0.571. The molecule has 2 heterocycles. The molecule has 2 aromatic rings. The zero-order valence-electron chi connectivity index (χ0n) is 11.7. The Hall–Kier alpha value is -1.50. The summed E-state index contributed by atoms with van der Waals surface area (Å²) < 4.78 is 4.72. The van der Waals surface area contributed by atoms with E-state index in [1.54, 1.807) is 0 Å². The van der Waals surface area contributed by atoms with E-state index in [1.807, 2.05) is 12.1 Å². The van der Waals surface area contributed by atoms with Crippen molar-refractivity contribution in [3.05, 3.63) is 23.8 Å². The lowest BCUT2D eigenvalue weighted by Gasteiger charge is -2.39. The first kappa shape index (κ1) is 13.5. The number of likely N-dealkylation sites (N-methyl/N-ethyl adjacent to an activating group) is 1. The van der Waals surface area contributed by atoms with Crippen LogP contribution < -0.4 is 0 Å². The van der Waals surface area contributed by atoms with Gasteiger partial charge in [0.1, 0.15) is 11.0 Å². The monoisotopic (exact) mass is 276 g/mol. The summed E-state index contributed by atoms with van der Waals surface area (Å²) in [6, 6.07) is 6.49. The lowest BCUT2D eigenvalue weighted by molar-refractivity contribution is 0.0743. The molecule has 6 heteroatoms. The van der Waals surface area contributed by atoms with Crippen LogP contribution in [0.4, 0.5) is 0 Å². The summed E-state index contributed by atoms with van der Waals surface area (Å²) in [6.45, 7) is 4.23. The number of aliphatic hydroxyl groups is 1. The SMILES string of the molecule is CN1CCN(Cc2ccc3nonc3c2)CC1CCO. The molecule has 3 rings (SSSR count). The molecule has 20 heavy (non-hydrogen) atoms. The van der Waals surface area contributed by atoms with Crippen LogP contribution in [0.15, 0.2) is 22.8 Å². The molecular weight excluding hydrogens is 256 g/mol. The van der Waals surface area contributed by atoms with E-state index < -0.39 is 0 Å². The molecule has 1 atom stereocenters. The minimum Gasteiger partial charge on any atom is -0.396 e. The summed E-state index contributed by atoms with van der Waals surface area (Å²) in [5, 5.41) is 16.8. The third-order valence-corrected chi connectivity index (χ3v) is 4.05. The van der Waals surface area contributed by atoms with E-state index in [2.05, 4.69) is 33.2 Å². The van der Waals surface area contributed by atoms with Crippen molar-refractivity contribution in [2.75, 3.05) is 33.3 Å². The molecule has 0 aliphatic carbocycles. The van der Waals surface area contributed by atoms with Crippen LogP contribution in [-0.2, 0) is 6.54 Å². The molecule has 1 N–H and O–H groups in total. The van der Waals surface area contributed by atoms with E-state index in [0.29, 0.717) is 6.04 Å². The maximum Gasteiger partial charge on any atom is 0.135 e. The van der Waals surface area contributed by atoms with Crippen molar-refractivity contribution in [2.45, 2.75) is 19.0 Å². The Bertz CT molecular complexity index is 571. The van der Waals surface area contributed by atoms with Gasteiger partial charge in [0.2, 0.25) is 0 Å². The van der Waals surface area contributed by atoms with Gasteiger partial charge in [0, 0.05) is 38.8 Å². The highest BCUT2D eigenvalue weighted by Crippen LogP contribution is 2.16. The number of piperazine rings is 1. The topological polar surface area (TPSA) is 65.6 Å². The molecule has 1 saturated heterocycles. The molecule has 1 aliphatic rings. The Morgan fingerprint density at radius 1 is 1.30 bits per heavy atom. The number of benzene rings is 1. The Labute approximate surface area is 117 Å². The maximum absolute atomic E-state index is 9.14. The van der Waals surface area contributed by atoms with Gasteiger partial charge in [0.25, 0.3) is 0 Å². The fourth-order valence-corrected chi connectivity index (χ4v) is 2.80. The average Bonchev–Trinajstić information content (AvgIpc) is 2.90. The Kier molecular flexibility index (Phi) is 3.95. The van der Waals surface area contributed by atoms with Gasteiger partial charge in [-0.3, -0.25) is 4.90 Å². The maximum atomic E-state index is 9.14. The van der Waals surface area contributed by atoms with E-state index in [9.17, 15) is 0 Å². The second-order valence-electron chi connectivity index (χ2n) is 5.47. The Balaban J connectivity index is 1.67. The van der Waals surface area contributed by atoms with Crippen molar-refractivity contribution in [3.63, 3.8) is 0 Å². The number of aromatic nitrogens is 2. The van der Waals surface area contributed by atoms with Crippen molar-refractivity contribution in [1.29, 1.82) is 0 Å².